The van der Waals surface area contributed by atoms with Gasteiger partial charge in [0.25, 0.3) is 0 Å². The lowest BCUT2D eigenvalue weighted by Crippen LogP contribution is -2.62. The molecule has 3 heterocycles. The van der Waals surface area contributed by atoms with E-state index in [-0.39, 0.29) is 11.9 Å². The molecule has 2 atom stereocenters. The van der Waals surface area contributed by atoms with Gasteiger partial charge in [0.2, 0.25) is 0 Å². The minimum atomic E-state index is -0.466. The number of H-pyrrole nitrogens is 1. The second-order valence-corrected chi connectivity index (χ2v) is 7.17. The molecule has 140 valence electrons. The van der Waals surface area contributed by atoms with Crippen molar-refractivity contribution in [1.82, 2.24) is 9.88 Å². The minimum absolute atomic E-state index is 0.0575. The molecule has 3 N–H and O–H groups in total. The van der Waals surface area contributed by atoms with Crippen molar-refractivity contribution in [3.8, 4) is 0 Å². The van der Waals surface area contributed by atoms with E-state index < -0.39 is 5.82 Å². The number of piperidine rings is 1. The van der Waals surface area contributed by atoms with Crippen LogP contribution in [0.3, 0.4) is 0 Å². The van der Waals surface area contributed by atoms with Crippen molar-refractivity contribution in [1.29, 1.82) is 5.41 Å². The SMILES string of the molecule is Cc1c(F)cc(NC(=O)N2C3CCCC2C3)cc1C(=N)N=Cc1ccc[nH]1. The highest BCUT2D eigenvalue weighted by Gasteiger charge is 2.44. The number of rotatable bonds is 3. The Bertz CT molecular complexity index is 891. The third-order valence-electron chi connectivity index (χ3n) is 5.45. The second-order valence-electron chi connectivity index (χ2n) is 7.17. The molecule has 2 amide bonds. The van der Waals surface area contributed by atoms with Crippen molar-refractivity contribution in [3.63, 3.8) is 0 Å². The molecule has 2 aliphatic rings. The standard InChI is InChI=1S/C20H22FN5O/c1-12-17(19(22)24-11-13-4-3-7-23-13)8-14(9-18(12)21)25-20(27)26-15-5-2-6-16(26)10-15/h3-4,7-9,11,15-16,22-23H,2,5-6,10H2,1H3,(H,25,27). The lowest BCUT2D eigenvalue weighted by Gasteiger charge is -2.52. The highest BCUT2D eigenvalue weighted by Crippen LogP contribution is 2.38. The first kappa shape index (κ1) is 17.5. The molecule has 0 spiro atoms. The van der Waals surface area contributed by atoms with Gasteiger partial charge in [0, 0.05) is 29.5 Å². The Morgan fingerprint density at radius 3 is 2.85 bits per heavy atom. The summed E-state index contributed by atoms with van der Waals surface area (Å²) in [5.41, 5.74) is 1.80. The molecule has 2 aliphatic heterocycles. The molecular weight excluding hydrogens is 345 g/mol. The number of benzene rings is 1. The summed E-state index contributed by atoms with van der Waals surface area (Å²) in [5.74, 6) is -0.524. The van der Waals surface area contributed by atoms with E-state index in [1.165, 1.54) is 18.7 Å². The number of amidine groups is 1. The van der Waals surface area contributed by atoms with Gasteiger partial charge in [-0.3, -0.25) is 5.41 Å². The summed E-state index contributed by atoms with van der Waals surface area (Å²) in [4.78, 5) is 21.5. The van der Waals surface area contributed by atoms with Crippen LogP contribution in [-0.2, 0) is 0 Å². The summed E-state index contributed by atoms with van der Waals surface area (Å²) in [5, 5.41) is 11.0. The van der Waals surface area contributed by atoms with Crippen LogP contribution in [0.25, 0.3) is 0 Å². The normalized spacial score (nSPS) is 21.2. The molecule has 0 saturated carbocycles. The third-order valence-corrected chi connectivity index (χ3v) is 5.45. The number of nitrogens with zero attached hydrogens (tertiary/aromatic N) is 2. The van der Waals surface area contributed by atoms with Crippen LogP contribution >= 0.6 is 0 Å². The fourth-order valence-electron chi connectivity index (χ4n) is 3.95. The van der Waals surface area contributed by atoms with Crippen LogP contribution in [0.1, 0.15) is 42.5 Å². The van der Waals surface area contributed by atoms with E-state index in [4.69, 9.17) is 5.41 Å². The first-order valence-electron chi connectivity index (χ1n) is 9.19. The van der Waals surface area contributed by atoms with Gasteiger partial charge in [-0.05, 0) is 62.4 Å². The summed E-state index contributed by atoms with van der Waals surface area (Å²) in [6.45, 7) is 1.61. The lowest BCUT2D eigenvalue weighted by atomic mass is 9.80. The molecule has 0 radical (unpaired) electrons. The second kappa shape index (κ2) is 6.98. The number of fused-ring (bicyclic) bond motifs is 2. The van der Waals surface area contributed by atoms with Crippen molar-refractivity contribution in [2.75, 3.05) is 5.32 Å². The molecular formula is C20H22FN5O. The molecule has 4 rings (SSSR count). The molecule has 2 unspecified atom stereocenters. The molecule has 2 fully saturated rings. The Balaban J connectivity index is 1.52. The zero-order valence-electron chi connectivity index (χ0n) is 15.1. The van der Waals surface area contributed by atoms with E-state index in [1.807, 2.05) is 17.0 Å². The summed E-state index contributed by atoms with van der Waals surface area (Å²) < 4.78 is 14.4. The predicted molar refractivity (Wildman–Crippen MR) is 103 cm³/mol. The maximum Gasteiger partial charge on any atom is 0.322 e. The van der Waals surface area contributed by atoms with Crippen LogP contribution in [0.5, 0.6) is 0 Å². The molecule has 6 nitrogen and oxygen atoms in total. The van der Waals surface area contributed by atoms with Crippen LogP contribution in [0.2, 0.25) is 0 Å². The molecule has 2 aromatic rings. The number of aromatic nitrogens is 1. The maximum atomic E-state index is 14.4. The molecule has 2 saturated heterocycles. The Hall–Kier alpha value is -2.96. The monoisotopic (exact) mass is 367 g/mol. The third kappa shape index (κ3) is 3.37. The quantitative estimate of drug-likeness (QED) is 0.555. The van der Waals surface area contributed by atoms with E-state index in [0.29, 0.717) is 28.9 Å². The number of carbonyl (C=O) groups excluding carboxylic acids is 1. The van der Waals surface area contributed by atoms with Crippen LogP contribution in [-0.4, -0.2) is 40.0 Å². The summed E-state index contributed by atoms with van der Waals surface area (Å²) in [6.07, 6.45) is 7.59. The Kier molecular flexibility index (Phi) is 4.51. The van der Waals surface area contributed by atoms with Gasteiger partial charge >= 0.3 is 6.03 Å². The van der Waals surface area contributed by atoms with Gasteiger partial charge in [0.1, 0.15) is 5.82 Å². The lowest BCUT2D eigenvalue weighted by molar-refractivity contribution is 0.0173. The van der Waals surface area contributed by atoms with E-state index in [0.717, 1.165) is 25.0 Å². The van der Waals surface area contributed by atoms with Crippen LogP contribution in [0, 0.1) is 18.2 Å². The summed E-state index contributed by atoms with van der Waals surface area (Å²) >= 11 is 0. The minimum Gasteiger partial charge on any atom is -0.360 e. The highest BCUT2D eigenvalue weighted by molar-refractivity contribution is 6.05. The smallest absolute Gasteiger partial charge is 0.322 e. The van der Waals surface area contributed by atoms with Crippen LogP contribution in [0.4, 0.5) is 14.9 Å². The number of urea groups is 1. The van der Waals surface area contributed by atoms with Crippen LogP contribution in [0.15, 0.2) is 35.5 Å². The van der Waals surface area contributed by atoms with Gasteiger partial charge in [0.05, 0.1) is 11.9 Å². The van der Waals surface area contributed by atoms with Crippen molar-refractivity contribution in [2.45, 2.75) is 44.7 Å². The number of nitrogens with one attached hydrogen (secondary N) is 3. The van der Waals surface area contributed by atoms with Gasteiger partial charge in [0.15, 0.2) is 5.84 Å². The number of aromatic amines is 1. The number of amides is 2. The average molecular weight is 367 g/mol. The van der Waals surface area contributed by atoms with Crippen molar-refractivity contribution < 1.29 is 9.18 Å². The predicted octanol–water partition coefficient (Wildman–Crippen LogP) is 4.07. The Morgan fingerprint density at radius 2 is 2.19 bits per heavy atom. The first-order chi connectivity index (χ1) is 13.0. The topological polar surface area (TPSA) is 84.3 Å². The molecule has 1 aromatic heterocycles. The number of halogens is 1. The Labute approximate surface area is 157 Å². The largest absolute Gasteiger partial charge is 0.360 e. The number of anilines is 1. The molecule has 27 heavy (non-hydrogen) atoms. The average Bonchev–Trinajstić information content (AvgIpc) is 3.16. The highest BCUT2D eigenvalue weighted by atomic mass is 19.1. The number of aliphatic imine (C=N–C) groups is 1. The fraction of sp³-hybridized carbons (Fsp3) is 0.350. The summed E-state index contributed by atoms with van der Waals surface area (Å²) in [7, 11) is 0. The molecule has 2 bridgehead atoms. The number of hydrogen-bond donors (Lipinski definition) is 3. The Morgan fingerprint density at radius 1 is 1.41 bits per heavy atom. The van der Waals surface area contributed by atoms with Gasteiger partial charge in [-0.1, -0.05) is 0 Å². The van der Waals surface area contributed by atoms with Gasteiger partial charge in [-0.25, -0.2) is 14.2 Å². The van der Waals surface area contributed by atoms with E-state index in [2.05, 4.69) is 15.3 Å². The van der Waals surface area contributed by atoms with Gasteiger partial charge < -0.3 is 15.2 Å². The van der Waals surface area contributed by atoms with Crippen molar-refractivity contribution >= 4 is 23.8 Å². The van der Waals surface area contributed by atoms with E-state index in [9.17, 15) is 9.18 Å². The van der Waals surface area contributed by atoms with Crippen molar-refractivity contribution in [2.24, 2.45) is 4.99 Å². The number of carbonyl (C=O) groups is 1. The molecule has 1 aromatic carbocycles. The first-order valence-corrected chi connectivity index (χ1v) is 9.19. The van der Waals surface area contributed by atoms with Crippen molar-refractivity contribution in [3.05, 3.63) is 53.1 Å². The van der Waals surface area contributed by atoms with Gasteiger partial charge in [-0.15, -0.1) is 0 Å². The zero-order valence-corrected chi connectivity index (χ0v) is 15.1. The van der Waals surface area contributed by atoms with Gasteiger partial charge in [-0.2, -0.15) is 0 Å². The molecule has 7 heteroatoms. The van der Waals surface area contributed by atoms with E-state index in [1.54, 1.807) is 19.2 Å². The fourth-order valence-corrected chi connectivity index (χ4v) is 3.95. The van der Waals surface area contributed by atoms with E-state index >= 15 is 0 Å². The summed E-state index contributed by atoms with van der Waals surface area (Å²) in [6, 6.07) is 6.99. The maximum absolute atomic E-state index is 14.4. The zero-order chi connectivity index (χ0) is 19.0. The number of hydrogen-bond acceptors (Lipinski definition) is 2. The molecule has 0 aliphatic carbocycles. The van der Waals surface area contributed by atoms with Crippen LogP contribution < -0.4 is 5.32 Å².